The van der Waals surface area contributed by atoms with Gasteiger partial charge in [0.2, 0.25) is 0 Å². The van der Waals surface area contributed by atoms with Crippen LogP contribution in [-0.4, -0.2) is 25.8 Å². The van der Waals surface area contributed by atoms with Gasteiger partial charge >= 0.3 is 0 Å². The van der Waals surface area contributed by atoms with Gasteiger partial charge in [-0.2, -0.15) is 0 Å². The molecule has 136 valence electrons. The minimum Gasteiger partial charge on any atom is -0.554 e. The second-order valence-electron chi connectivity index (χ2n) is 5.53. The van der Waals surface area contributed by atoms with Crippen molar-refractivity contribution in [2.45, 2.75) is 13.0 Å². The number of rotatable bonds is 5. The third-order valence-corrected chi connectivity index (χ3v) is 3.95. The highest BCUT2D eigenvalue weighted by Gasteiger charge is 2.08. The summed E-state index contributed by atoms with van der Waals surface area (Å²) in [5.41, 5.74) is 1.27. The zero-order chi connectivity index (χ0) is 18.9. The van der Waals surface area contributed by atoms with Gasteiger partial charge in [0.15, 0.2) is 30.4 Å². The number of pyridine rings is 1. The number of fused-ring (bicyclic) bond motifs is 1. The highest BCUT2D eigenvalue weighted by Crippen LogP contribution is 2.30. The molecule has 0 saturated heterocycles. The molecule has 0 saturated carbocycles. The molecular weight excluding hydrogens is 334 g/mol. The van der Waals surface area contributed by atoms with Crippen LogP contribution in [-0.2, 0) is 17.8 Å². The van der Waals surface area contributed by atoms with Crippen LogP contribution in [0, 0.1) is 0 Å². The summed E-state index contributed by atoms with van der Waals surface area (Å²) in [5.74, 6) is 1.53. The van der Waals surface area contributed by atoms with Gasteiger partial charge in [-0.1, -0.05) is 12.1 Å². The van der Waals surface area contributed by atoms with Crippen molar-refractivity contribution >= 4 is 17.2 Å². The summed E-state index contributed by atoms with van der Waals surface area (Å²) < 4.78 is 12.5. The lowest BCUT2D eigenvalue weighted by atomic mass is 10.1. The first-order chi connectivity index (χ1) is 12.6. The van der Waals surface area contributed by atoms with E-state index in [9.17, 15) is 5.11 Å². The van der Waals surface area contributed by atoms with Crippen molar-refractivity contribution in [2.75, 3.05) is 14.2 Å². The number of carbonyl (C=O) groups is 1. The number of benzene rings is 2. The quantitative estimate of drug-likeness (QED) is 0.553. The molecule has 0 aliphatic rings. The lowest BCUT2D eigenvalue weighted by molar-refractivity contribution is -0.695. The Hall–Kier alpha value is -3.28. The van der Waals surface area contributed by atoms with Crippen molar-refractivity contribution in [2.24, 2.45) is 0 Å². The van der Waals surface area contributed by atoms with Gasteiger partial charge < -0.3 is 24.5 Å². The molecule has 6 nitrogen and oxygen atoms in total. The third kappa shape index (κ3) is 4.86. The van der Waals surface area contributed by atoms with E-state index in [1.54, 1.807) is 20.3 Å². The van der Waals surface area contributed by atoms with Gasteiger partial charge in [0.25, 0.3) is 0 Å². The van der Waals surface area contributed by atoms with Crippen LogP contribution in [0.4, 0.5) is 0 Å². The van der Waals surface area contributed by atoms with E-state index in [0.29, 0.717) is 5.75 Å². The van der Waals surface area contributed by atoms with Gasteiger partial charge in [-0.25, -0.2) is 4.57 Å². The second-order valence-corrected chi connectivity index (χ2v) is 5.53. The summed E-state index contributed by atoms with van der Waals surface area (Å²) in [6.45, 7) is 0.380. The maximum absolute atomic E-state index is 9.83. The van der Waals surface area contributed by atoms with Crippen molar-refractivity contribution in [3.63, 3.8) is 0 Å². The Labute approximate surface area is 151 Å². The summed E-state index contributed by atoms with van der Waals surface area (Å²) >= 11 is 0. The van der Waals surface area contributed by atoms with Gasteiger partial charge in [-0.15, -0.1) is 0 Å². The number of phenolic OH excluding ortho intramolecular Hbond substituents is 1. The van der Waals surface area contributed by atoms with Crippen molar-refractivity contribution < 1.29 is 29.0 Å². The molecule has 3 aromatic rings. The highest BCUT2D eigenvalue weighted by atomic mass is 16.5. The van der Waals surface area contributed by atoms with Crippen LogP contribution >= 0.6 is 0 Å². The Kier molecular flexibility index (Phi) is 6.79. The Bertz CT molecular complexity index is 862. The molecule has 26 heavy (non-hydrogen) atoms. The number of nitrogens with zero attached hydrogens (tertiary/aromatic N) is 1. The standard InChI is InChI=1S/C19H19NO3.CH2O2/c1-22-17-5-3-14(4-6-17)7-9-20-10-8-15-11-18(21)19(23-2)12-16(15)13-20;2-1-3/h3-6,8,10-13H,7,9H2,1-2H3;1H,(H,2,3). The van der Waals surface area contributed by atoms with Gasteiger partial charge in [-0.3, -0.25) is 0 Å². The maximum Gasteiger partial charge on any atom is 0.176 e. The van der Waals surface area contributed by atoms with Crippen LogP contribution in [0.5, 0.6) is 17.2 Å². The highest BCUT2D eigenvalue weighted by molar-refractivity contribution is 5.84. The molecule has 2 aromatic carbocycles. The lowest BCUT2D eigenvalue weighted by Gasteiger charge is -2.05. The van der Waals surface area contributed by atoms with Crippen LogP contribution in [0.15, 0.2) is 54.9 Å². The third-order valence-electron chi connectivity index (χ3n) is 3.95. The van der Waals surface area contributed by atoms with E-state index in [1.165, 1.54) is 5.56 Å². The predicted octanol–water partition coefficient (Wildman–Crippen LogP) is 1.46. The van der Waals surface area contributed by atoms with Gasteiger partial charge in [0.05, 0.1) is 14.2 Å². The summed E-state index contributed by atoms with van der Waals surface area (Å²) in [4.78, 5) is 8.25. The molecule has 6 heteroatoms. The summed E-state index contributed by atoms with van der Waals surface area (Å²) in [6, 6.07) is 13.7. The number of aromatic nitrogens is 1. The van der Waals surface area contributed by atoms with E-state index in [-0.39, 0.29) is 5.75 Å². The summed E-state index contributed by atoms with van der Waals surface area (Å²) in [6.07, 6.45) is 5.04. The zero-order valence-electron chi connectivity index (χ0n) is 14.7. The maximum atomic E-state index is 9.83. The minimum absolute atomic E-state index is 0.163. The first-order valence-electron chi connectivity index (χ1n) is 7.99. The number of ether oxygens (including phenoxy) is 2. The fraction of sp³-hybridized carbons (Fsp3) is 0.200. The second kappa shape index (κ2) is 9.27. The average Bonchev–Trinajstić information content (AvgIpc) is 2.67. The summed E-state index contributed by atoms with van der Waals surface area (Å²) in [5, 5.41) is 20.1. The van der Waals surface area contributed by atoms with E-state index in [2.05, 4.69) is 22.9 Å². The molecule has 1 heterocycles. The van der Waals surface area contributed by atoms with Crippen molar-refractivity contribution in [1.29, 1.82) is 0 Å². The molecule has 0 unspecified atom stereocenters. The SMILES string of the molecule is COc1ccc(CC[n+]2ccc3cc(O)c(OC)cc3c2)cc1.O=C[O-]. The van der Waals surface area contributed by atoms with Gasteiger partial charge in [0, 0.05) is 24.3 Å². The minimum atomic E-state index is -0.500. The van der Waals surface area contributed by atoms with Crippen LogP contribution in [0.25, 0.3) is 10.8 Å². The molecule has 0 aliphatic carbocycles. The Morgan fingerprint density at radius 1 is 1.08 bits per heavy atom. The predicted molar refractivity (Wildman–Crippen MR) is 95.1 cm³/mol. The van der Waals surface area contributed by atoms with Crippen LogP contribution < -0.4 is 19.1 Å². The fourth-order valence-corrected chi connectivity index (χ4v) is 2.61. The topological polar surface area (TPSA) is 82.7 Å². The number of methoxy groups -OCH3 is 2. The van der Waals surface area contributed by atoms with E-state index in [0.717, 1.165) is 29.5 Å². The molecule has 0 spiro atoms. The Morgan fingerprint density at radius 2 is 1.77 bits per heavy atom. The molecule has 0 aliphatic heterocycles. The van der Waals surface area contributed by atoms with Crippen molar-refractivity contribution in [3.05, 3.63) is 60.4 Å². The molecule has 0 amide bonds. The van der Waals surface area contributed by atoms with Crippen LogP contribution in [0.2, 0.25) is 0 Å². The first-order valence-corrected chi connectivity index (χ1v) is 7.99. The molecule has 0 atom stereocenters. The number of hydrogen-bond acceptors (Lipinski definition) is 5. The molecule has 1 aromatic heterocycles. The first kappa shape index (κ1) is 19.1. The molecule has 0 radical (unpaired) electrons. The van der Waals surface area contributed by atoms with E-state index in [4.69, 9.17) is 19.4 Å². The smallest absolute Gasteiger partial charge is 0.176 e. The van der Waals surface area contributed by atoms with Gasteiger partial charge in [0.1, 0.15) is 5.75 Å². The van der Waals surface area contributed by atoms with E-state index < -0.39 is 6.47 Å². The van der Waals surface area contributed by atoms with E-state index in [1.807, 2.05) is 30.5 Å². The largest absolute Gasteiger partial charge is 0.554 e. The number of phenols is 1. The van der Waals surface area contributed by atoms with Crippen molar-refractivity contribution in [1.82, 2.24) is 0 Å². The number of carboxylic acid groups (broad SMARTS) is 1. The number of carbonyl (C=O) groups excluding carboxylic acids is 1. The molecular formula is C20H21NO5. The number of aryl methyl sites for hydroxylation is 2. The van der Waals surface area contributed by atoms with Crippen LogP contribution in [0.1, 0.15) is 5.56 Å². The Balaban J connectivity index is 0.000000758. The summed E-state index contributed by atoms with van der Waals surface area (Å²) in [7, 11) is 3.23. The molecule has 0 fully saturated rings. The molecule has 1 N–H and O–H groups in total. The fourth-order valence-electron chi connectivity index (χ4n) is 2.61. The molecule has 3 rings (SSSR count). The normalized spacial score (nSPS) is 9.92. The molecule has 0 bridgehead atoms. The zero-order valence-corrected chi connectivity index (χ0v) is 14.7. The Morgan fingerprint density at radius 3 is 2.38 bits per heavy atom. The van der Waals surface area contributed by atoms with E-state index >= 15 is 0 Å². The van der Waals surface area contributed by atoms with Crippen LogP contribution in [0.3, 0.4) is 0 Å². The number of hydrogen-bond donors (Lipinski definition) is 1. The average molecular weight is 355 g/mol. The van der Waals surface area contributed by atoms with Crippen molar-refractivity contribution in [3.8, 4) is 17.2 Å². The monoisotopic (exact) mass is 355 g/mol. The number of aromatic hydroxyl groups is 1. The van der Waals surface area contributed by atoms with Gasteiger partial charge in [-0.05, 0) is 35.2 Å². The lowest BCUT2D eigenvalue weighted by Crippen LogP contribution is -2.33.